The first-order valence-electron chi connectivity index (χ1n) is 7.05. The van der Waals surface area contributed by atoms with E-state index >= 15 is 0 Å². The minimum atomic E-state index is -1.09. The number of carboxylic acids is 1. The summed E-state index contributed by atoms with van der Waals surface area (Å²) in [5.74, 6) is -1.78. The molecule has 0 aliphatic rings. The molecule has 7 heteroatoms. The van der Waals surface area contributed by atoms with Gasteiger partial charge in [-0.1, -0.05) is 47.8 Å². The quantitative estimate of drug-likeness (QED) is 0.745. The molecule has 2 rings (SSSR count). The maximum atomic E-state index is 12.3. The fourth-order valence-electron chi connectivity index (χ4n) is 2.12. The Morgan fingerprint density at radius 3 is 2.42 bits per heavy atom. The van der Waals surface area contributed by atoms with Gasteiger partial charge in [0.1, 0.15) is 0 Å². The Morgan fingerprint density at radius 1 is 1.08 bits per heavy atom. The average Bonchev–Trinajstić information content (AvgIpc) is 2.51. The number of hydrogen-bond donors (Lipinski definition) is 2. The monoisotopic (exact) mass is 385 g/mol. The Balaban J connectivity index is 2.11. The van der Waals surface area contributed by atoms with E-state index in [0.29, 0.717) is 16.5 Å². The van der Waals surface area contributed by atoms with Crippen molar-refractivity contribution < 1.29 is 14.7 Å². The van der Waals surface area contributed by atoms with Crippen LogP contribution in [0.2, 0.25) is 15.1 Å². The molecule has 1 atom stereocenters. The zero-order valence-corrected chi connectivity index (χ0v) is 14.9. The van der Waals surface area contributed by atoms with Crippen LogP contribution in [0.4, 0.5) is 5.69 Å². The Hall–Kier alpha value is -1.75. The predicted molar refractivity (Wildman–Crippen MR) is 96.4 cm³/mol. The number of carboxylic acid groups (broad SMARTS) is 1. The summed E-state index contributed by atoms with van der Waals surface area (Å²) in [6.45, 7) is 1.75. The third-order valence-electron chi connectivity index (χ3n) is 3.46. The Bertz CT molecular complexity index is 793. The molecule has 1 amide bonds. The van der Waals surface area contributed by atoms with Crippen molar-refractivity contribution in [2.45, 2.75) is 13.3 Å². The fourth-order valence-corrected chi connectivity index (χ4v) is 2.77. The van der Waals surface area contributed by atoms with Gasteiger partial charge in [0.15, 0.2) is 0 Å². The highest BCUT2D eigenvalue weighted by molar-refractivity contribution is 6.35. The molecule has 0 radical (unpaired) electrons. The molecule has 0 fully saturated rings. The van der Waals surface area contributed by atoms with Crippen LogP contribution in [0.3, 0.4) is 0 Å². The number of carbonyl (C=O) groups excluding carboxylic acids is 1. The van der Waals surface area contributed by atoms with Crippen LogP contribution in [0.15, 0.2) is 36.4 Å². The van der Waals surface area contributed by atoms with Gasteiger partial charge in [-0.2, -0.15) is 0 Å². The fraction of sp³-hybridized carbons (Fsp3) is 0.176. The highest BCUT2D eigenvalue weighted by atomic mass is 35.5. The van der Waals surface area contributed by atoms with E-state index in [0.717, 1.165) is 5.56 Å². The number of halogens is 3. The predicted octanol–water partition coefficient (Wildman–Crippen LogP) is 5.16. The van der Waals surface area contributed by atoms with Crippen molar-refractivity contribution in [1.82, 2.24) is 0 Å². The molecule has 0 saturated carbocycles. The molecule has 2 N–H and O–H groups in total. The highest BCUT2D eigenvalue weighted by Crippen LogP contribution is 2.26. The van der Waals surface area contributed by atoms with Gasteiger partial charge in [-0.3, -0.25) is 4.79 Å². The van der Waals surface area contributed by atoms with Gasteiger partial charge < -0.3 is 10.4 Å². The Kier molecular flexibility index (Phi) is 6.10. The number of anilines is 1. The average molecular weight is 387 g/mol. The van der Waals surface area contributed by atoms with Crippen molar-refractivity contribution in [2.75, 3.05) is 5.32 Å². The van der Waals surface area contributed by atoms with E-state index < -0.39 is 11.9 Å². The number of nitrogens with one attached hydrogen (secondary N) is 1. The molecule has 2 aromatic rings. The second-order valence-corrected chi connectivity index (χ2v) is 6.58. The number of rotatable bonds is 5. The van der Waals surface area contributed by atoms with Crippen LogP contribution >= 0.6 is 34.8 Å². The first-order valence-corrected chi connectivity index (χ1v) is 8.19. The molecule has 0 bridgehead atoms. The van der Waals surface area contributed by atoms with Gasteiger partial charge in [0.25, 0.3) is 0 Å². The van der Waals surface area contributed by atoms with Gasteiger partial charge in [-0.25, -0.2) is 4.79 Å². The first-order chi connectivity index (χ1) is 11.3. The second kappa shape index (κ2) is 7.88. The van der Waals surface area contributed by atoms with E-state index in [1.54, 1.807) is 25.1 Å². The van der Waals surface area contributed by atoms with E-state index in [4.69, 9.17) is 39.9 Å². The first kappa shape index (κ1) is 18.6. The standard InChI is InChI=1S/C17H14Cl3NO3/c1-9(6-10-2-4-12(18)8-14(10)20)16(22)21-15-7-11(17(23)24)3-5-13(15)19/h2-5,7-9H,6H2,1H3,(H,21,22)(H,23,24). The summed E-state index contributed by atoms with van der Waals surface area (Å²) in [5, 5.41) is 13.0. The van der Waals surface area contributed by atoms with E-state index in [9.17, 15) is 9.59 Å². The van der Waals surface area contributed by atoms with Crippen molar-refractivity contribution in [3.8, 4) is 0 Å². The van der Waals surface area contributed by atoms with Crippen LogP contribution in [0.1, 0.15) is 22.8 Å². The van der Waals surface area contributed by atoms with Gasteiger partial charge in [-0.05, 0) is 42.3 Å². The van der Waals surface area contributed by atoms with E-state index in [1.165, 1.54) is 18.2 Å². The zero-order valence-electron chi connectivity index (χ0n) is 12.6. The van der Waals surface area contributed by atoms with Crippen molar-refractivity contribution in [1.29, 1.82) is 0 Å². The third kappa shape index (κ3) is 4.63. The van der Waals surface area contributed by atoms with Gasteiger partial charge in [0.2, 0.25) is 5.91 Å². The number of amides is 1. The van der Waals surface area contributed by atoms with Crippen LogP contribution in [0.5, 0.6) is 0 Å². The maximum Gasteiger partial charge on any atom is 0.335 e. The lowest BCUT2D eigenvalue weighted by Crippen LogP contribution is -2.22. The number of carbonyl (C=O) groups is 2. The van der Waals surface area contributed by atoms with Crippen molar-refractivity contribution >= 4 is 52.4 Å². The summed E-state index contributed by atoms with van der Waals surface area (Å²) in [4.78, 5) is 23.4. The number of benzene rings is 2. The van der Waals surface area contributed by atoms with Gasteiger partial charge in [-0.15, -0.1) is 0 Å². The maximum absolute atomic E-state index is 12.3. The summed E-state index contributed by atoms with van der Waals surface area (Å²) in [6.07, 6.45) is 0.415. The molecule has 1 unspecified atom stereocenters. The summed E-state index contributed by atoms with van der Waals surface area (Å²) in [5.41, 5.74) is 1.10. The molecule has 0 aromatic heterocycles. The van der Waals surface area contributed by atoms with Gasteiger partial charge in [0, 0.05) is 16.0 Å². The van der Waals surface area contributed by atoms with E-state index in [1.807, 2.05) is 0 Å². The van der Waals surface area contributed by atoms with Crippen LogP contribution in [-0.2, 0) is 11.2 Å². The third-order valence-corrected chi connectivity index (χ3v) is 4.38. The number of aromatic carboxylic acids is 1. The van der Waals surface area contributed by atoms with Crippen molar-refractivity contribution in [2.24, 2.45) is 5.92 Å². The molecule has 0 aliphatic heterocycles. The minimum Gasteiger partial charge on any atom is -0.478 e. The molecule has 0 heterocycles. The topological polar surface area (TPSA) is 66.4 Å². The summed E-state index contributed by atoms with van der Waals surface area (Å²) in [6, 6.07) is 9.23. The Morgan fingerprint density at radius 2 is 1.79 bits per heavy atom. The summed E-state index contributed by atoms with van der Waals surface area (Å²) < 4.78 is 0. The van der Waals surface area contributed by atoms with Crippen LogP contribution in [-0.4, -0.2) is 17.0 Å². The zero-order chi connectivity index (χ0) is 17.9. The molecule has 0 spiro atoms. The molecular formula is C17H14Cl3NO3. The summed E-state index contributed by atoms with van der Waals surface area (Å²) >= 11 is 18.0. The molecule has 2 aromatic carbocycles. The molecule has 0 saturated heterocycles. The molecule has 0 aliphatic carbocycles. The lowest BCUT2D eigenvalue weighted by molar-refractivity contribution is -0.119. The highest BCUT2D eigenvalue weighted by Gasteiger charge is 2.17. The van der Waals surface area contributed by atoms with Gasteiger partial charge >= 0.3 is 5.97 Å². The van der Waals surface area contributed by atoms with Crippen molar-refractivity contribution in [3.63, 3.8) is 0 Å². The van der Waals surface area contributed by atoms with Crippen molar-refractivity contribution in [3.05, 3.63) is 62.6 Å². The van der Waals surface area contributed by atoms with E-state index in [2.05, 4.69) is 5.32 Å². The normalized spacial score (nSPS) is 11.8. The lowest BCUT2D eigenvalue weighted by Gasteiger charge is -2.14. The lowest BCUT2D eigenvalue weighted by atomic mass is 10.00. The van der Waals surface area contributed by atoms with E-state index in [-0.39, 0.29) is 22.2 Å². The summed E-state index contributed by atoms with van der Waals surface area (Å²) in [7, 11) is 0. The molecule has 126 valence electrons. The smallest absolute Gasteiger partial charge is 0.335 e. The van der Waals surface area contributed by atoms with Crippen LogP contribution in [0.25, 0.3) is 0 Å². The molecule has 24 heavy (non-hydrogen) atoms. The van der Waals surface area contributed by atoms with Crippen LogP contribution < -0.4 is 5.32 Å². The minimum absolute atomic E-state index is 0.0445. The molecular weight excluding hydrogens is 373 g/mol. The largest absolute Gasteiger partial charge is 0.478 e. The molecule has 4 nitrogen and oxygen atoms in total. The SMILES string of the molecule is CC(Cc1ccc(Cl)cc1Cl)C(=O)Nc1cc(C(=O)O)ccc1Cl. The van der Waals surface area contributed by atoms with Gasteiger partial charge in [0.05, 0.1) is 16.3 Å². The Labute approximate surface area is 154 Å². The second-order valence-electron chi connectivity index (χ2n) is 5.33. The van der Waals surface area contributed by atoms with Crippen LogP contribution in [0, 0.1) is 5.92 Å². The number of hydrogen-bond acceptors (Lipinski definition) is 2.